The van der Waals surface area contributed by atoms with E-state index in [9.17, 15) is 4.79 Å². The number of nitrogens with zero attached hydrogens (tertiary/aromatic N) is 2. The topological polar surface area (TPSA) is 37.3 Å². The Bertz CT molecular complexity index is 687. The Morgan fingerprint density at radius 2 is 1.80 bits per heavy atom. The first kappa shape index (κ1) is 18.2. The lowest BCUT2D eigenvalue weighted by molar-refractivity contribution is 0.0931. The molecule has 3 rings (SSSR count). The minimum absolute atomic E-state index is 0.0125. The number of halogens is 1. The molecule has 2 heterocycles. The molecule has 2 aromatic rings. The molecule has 5 heteroatoms. The van der Waals surface area contributed by atoms with Crippen LogP contribution in [0.5, 0.6) is 0 Å². The van der Waals surface area contributed by atoms with Crippen LogP contribution in [0.25, 0.3) is 0 Å². The number of carbonyl (C=O) groups is 1. The summed E-state index contributed by atoms with van der Waals surface area (Å²) in [6.07, 6.45) is 7.17. The monoisotopic (exact) mass is 403 g/mol. The summed E-state index contributed by atoms with van der Waals surface area (Å²) in [5.41, 5.74) is 1.96. The molecular formula is C20H26BrN3O. The van der Waals surface area contributed by atoms with Crippen LogP contribution in [0.1, 0.15) is 47.8 Å². The minimum Gasteiger partial charge on any atom is -0.353 e. The van der Waals surface area contributed by atoms with Gasteiger partial charge in [0, 0.05) is 35.5 Å². The molecule has 1 unspecified atom stereocenters. The molecule has 0 saturated carbocycles. The summed E-state index contributed by atoms with van der Waals surface area (Å²) in [5, 5.41) is 3.14. The highest BCUT2D eigenvalue weighted by molar-refractivity contribution is 9.10. The van der Waals surface area contributed by atoms with E-state index < -0.39 is 0 Å². The molecule has 134 valence electrons. The third-order valence-corrected chi connectivity index (χ3v) is 5.50. The Kier molecular flexibility index (Phi) is 6.32. The predicted molar refractivity (Wildman–Crippen MR) is 105 cm³/mol. The van der Waals surface area contributed by atoms with E-state index in [0.29, 0.717) is 12.1 Å². The van der Waals surface area contributed by atoms with Gasteiger partial charge >= 0.3 is 0 Å². The summed E-state index contributed by atoms with van der Waals surface area (Å²) in [6, 6.07) is 12.0. The van der Waals surface area contributed by atoms with Crippen molar-refractivity contribution in [3.05, 3.63) is 58.3 Å². The van der Waals surface area contributed by atoms with Crippen LogP contribution in [0.15, 0.2) is 47.1 Å². The van der Waals surface area contributed by atoms with Gasteiger partial charge in [0.05, 0.1) is 6.04 Å². The fourth-order valence-electron chi connectivity index (χ4n) is 3.54. The van der Waals surface area contributed by atoms with Crippen molar-refractivity contribution in [3.63, 3.8) is 0 Å². The van der Waals surface area contributed by atoms with Crippen molar-refractivity contribution in [1.82, 2.24) is 14.8 Å². The van der Waals surface area contributed by atoms with Crippen LogP contribution in [-0.4, -0.2) is 35.0 Å². The maximum Gasteiger partial charge on any atom is 0.251 e. The summed E-state index contributed by atoms with van der Waals surface area (Å²) >= 11 is 3.41. The average Bonchev–Trinajstić information content (AvgIpc) is 2.86. The number of benzene rings is 1. The van der Waals surface area contributed by atoms with Crippen LogP contribution in [0.3, 0.4) is 0 Å². The standard InChI is InChI=1S/C20H26BrN3O/c1-23-12-6-7-18(23)19(24-13-4-2-3-5-14-24)15-22-20(25)16-8-10-17(21)11-9-16/h6-12,19H,2-5,13-15H2,1H3,(H,22,25). The van der Waals surface area contributed by atoms with Crippen molar-refractivity contribution in [2.75, 3.05) is 19.6 Å². The first-order valence-corrected chi connectivity index (χ1v) is 9.83. The van der Waals surface area contributed by atoms with Crippen LogP contribution < -0.4 is 5.32 Å². The van der Waals surface area contributed by atoms with Gasteiger partial charge in [-0.1, -0.05) is 28.8 Å². The number of amides is 1. The molecule has 25 heavy (non-hydrogen) atoms. The molecule has 1 aromatic carbocycles. The zero-order valence-corrected chi connectivity index (χ0v) is 16.3. The largest absolute Gasteiger partial charge is 0.353 e. The Hall–Kier alpha value is -1.59. The van der Waals surface area contributed by atoms with E-state index in [1.807, 2.05) is 24.3 Å². The van der Waals surface area contributed by atoms with Crippen molar-refractivity contribution in [2.45, 2.75) is 31.7 Å². The lowest BCUT2D eigenvalue weighted by Crippen LogP contribution is -2.39. The SMILES string of the molecule is Cn1cccc1C(CNC(=O)c1ccc(Br)cc1)N1CCCCCC1. The lowest BCUT2D eigenvalue weighted by atomic mass is 10.1. The molecule has 0 aliphatic carbocycles. The molecule has 1 atom stereocenters. The van der Waals surface area contributed by atoms with E-state index in [4.69, 9.17) is 0 Å². The third-order valence-electron chi connectivity index (χ3n) is 4.97. The molecule has 1 aliphatic heterocycles. The van der Waals surface area contributed by atoms with Gasteiger partial charge in [-0.25, -0.2) is 0 Å². The molecule has 0 radical (unpaired) electrons. The zero-order valence-electron chi connectivity index (χ0n) is 14.7. The molecule has 0 bridgehead atoms. The zero-order chi connectivity index (χ0) is 17.6. The van der Waals surface area contributed by atoms with Gasteiger partial charge < -0.3 is 9.88 Å². The lowest BCUT2D eigenvalue weighted by Gasteiger charge is -2.31. The second kappa shape index (κ2) is 8.68. The van der Waals surface area contributed by atoms with Crippen molar-refractivity contribution in [3.8, 4) is 0 Å². The summed E-state index contributed by atoms with van der Waals surface area (Å²) in [6.45, 7) is 2.83. The average molecular weight is 404 g/mol. The number of aromatic nitrogens is 1. The molecule has 1 amide bonds. The number of likely N-dealkylation sites (tertiary alicyclic amines) is 1. The Balaban J connectivity index is 1.72. The fourth-order valence-corrected chi connectivity index (χ4v) is 3.81. The van der Waals surface area contributed by atoms with Gasteiger partial charge in [0.25, 0.3) is 5.91 Å². The Morgan fingerprint density at radius 3 is 2.40 bits per heavy atom. The number of hydrogen-bond donors (Lipinski definition) is 1. The molecule has 4 nitrogen and oxygen atoms in total. The van der Waals surface area contributed by atoms with Gasteiger partial charge in [0.1, 0.15) is 0 Å². The quantitative estimate of drug-likeness (QED) is 0.814. The maximum absolute atomic E-state index is 12.5. The Morgan fingerprint density at radius 1 is 1.12 bits per heavy atom. The van der Waals surface area contributed by atoms with E-state index >= 15 is 0 Å². The van der Waals surface area contributed by atoms with Gasteiger partial charge in [-0.2, -0.15) is 0 Å². The molecular weight excluding hydrogens is 378 g/mol. The van der Waals surface area contributed by atoms with Gasteiger partial charge in [0.15, 0.2) is 0 Å². The van der Waals surface area contributed by atoms with Crippen LogP contribution >= 0.6 is 15.9 Å². The van der Waals surface area contributed by atoms with E-state index in [-0.39, 0.29) is 11.9 Å². The Labute approximate surface area is 158 Å². The summed E-state index contributed by atoms with van der Waals surface area (Å²) in [7, 11) is 2.08. The fraction of sp³-hybridized carbons (Fsp3) is 0.450. The van der Waals surface area contributed by atoms with E-state index in [2.05, 4.69) is 56.1 Å². The second-order valence-corrected chi connectivity index (χ2v) is 7.64. The van der Waals surface area contributed by atoms with Gasteiger partial charge in [-0.3, -0.25) is 9.69 Å². The van der Waals surface area contributed by atoms with E-state index in [1.165, 1.54) is 31.4 Å². The first-order chi connectivity index (χ1) is 12.1. The van der Waals surface area contributed by atoms with Crippen LogP contribution in [-0.2, 0) is 7.05 Å². The van der Waals surface area contributed by atoms with Gasteiger partial charge in [0.2, 0.25) is 0 Å². The summed E-state index contributed by atoms with van der Waals surface area (Å²) < 4.78 is 3.15. The van der Waals surface area contributed by atoms with Crippen LogP contribution in [0, 0.1) is 0 Å². The van der Waals surface area contributed by atoms with Crippen molar-refractivity contribution < 1.29 is 4.79 Å². The van der Waals surface area contributed by atoms with Crippen molar-refractivity contribution in [1.29, 1.82) is 0 Å². The highest BCUT2D eigenvalue weighted by Gasteiger charge is 2.24. The minimum atomic E-state index is -0.0125. The van der Waals surface area contributed by atoms with Crippen LogP contribution in [0.4, 0.5) is 0 Å². The maximum atomic E-state index is 12.5. The smallest absolute Gasteiger partial charge is 0.251 e. The number of carbonyl (C=O) groups excluding carboxylic acids is 1. The van der Waals surface area contributed by atoms with E-state index in [1.54, 1.807) is 0 Å². The predicted octanol–water partition coefficient (Wildman–Crippen LogP) is 4.13. The second-order valence-electron chi connectivity index (χ2n) is 6.73. The number of nitrogens with one attached hydrogen (secondary N) is 1. The first-order valence-electron chi connectivity index (χ1n) is 9.04. The highest BCUT2D eigenvalue weighted by Crippen LogP contribution is 2.24. The van der Waals surface area contributed by atoms with E-state index in [0.717, 1.165) is 17.6 Å². The summed E-state index contributed by atoms with van der Waals surface area (Å²) in [4.78, 5) is 15.0. The number of rotatable bonds is 5. The molecule has 1 N–H and O–H groups in total. The molecule has 1 fully saturated rings. The third kappa shape index (κ3) is 4.73. The summed E-state index contributed by atoms with van der Waals surface area (Å²) in [5.74, 6) is -0.0125. The molecule has 1 aliphatic rings. The van der Waals surface area contributed by atoms with Gasteiger partial charge in [-0.15, -0.1) is 0 Å². The van der Waals surface area contributed by atoms with Crippen LogP contribution in [0.2, 0.25) is 0 Å². The molecule has 0 spiro atoms. The normalized spacial score (nSPS) is 17.0. The van der Waals surface area contributed by atoms with Gasteiger partial charge in [-0.05, 0) is 62.3 Å². The number of hydrogen-bond acceptors (Lipinski definition) is 2. The van der Waals surface area contributed by atoms with Crippen molar-refractivity contribution >= 4 is 21.8 Å². The highest BCUT2D eigenvalue weighted by atomic mass is 79.9. The molecule has 1 saturated heterocycles. The molecule has 1 aromatic heterocycles. The number of aryl methyl sites for hydroxylation is 1. The van der Waals surface area contributed by atoms with Crippen molar-refractivity contribution in [2.24, 2.45) is 7.05 Å².